The Morgan fingerprint density at radius 3 is 2.44 bits per heavy atom. The van der Waals surface area contributed by atoms with Crippen LogP contribution < -0.4 is 5.32 Å². The Hall–Kier alpha value is -0.733. The standard InChI is InChI=1S/C11H23N3O3Si/c1-11-8-14(10-13-11)9-12-6-5-7-18(15-2,16-3)17-4/h8,10,12H,5-7,9H2,1-4H3. The van der Waals surface area contributed by atoms with Crippen LogP contribution in [0, 0.1) is 6.92 Å². The molecule has 0 unspecified atom stereocenters. The molecule has 0 spiro atoms. The second kappa shape index (κ2) is 7.65. The summed E-state index contributed by atoms with van der Waals surface area (Å²) in [7, 11) is 2.52. The number of imidazole rings is 1. The summed E-state index contributed by atoms with van der Waals surface area (Å²) in [6, 6.07) is 0.812. The quantitative estimate of drug-likeness (QED) is 0.537. The summed E-state index contributed by atoms with van der Waals surface area (Å²) in [6.45, 7) is 3.64. The van der Waals surface area contributed by atoms with E-state index in [4.69, 9.17) is 13.3 Å². The van der Waals surface area contributed by atoms with Gasteiger partial charge in [0.05, 0.1) is 18.7 Å². The molecule has 1 N–H and O–H groups in total. The molecule has 0 saturated carbocycles. The lowest BCUT2D eigenvalue weighted by Gasteiger charge is -2.24. The van der Waals surface area contributed by atoms with Gasteiger partial charge in [0.2, 0.25) is 0 Å². The summed E-state index contributed by atoms with van der Waals surface area (Å²) in [5.41, 5.74) is 1.03. The van der Waals surface area contributed by atoms with Crippen LogP contribution in [0.25, 0.3) is 0 Å². The fraction of sp³-hybridized carbons (Fsp3) is 0.727. The predicted molar refractivity (Wildman–Crippen MR) is 71.2 cm³/mol. The highest BCUT2D eigenvalue weighted by molar-refractivity contribution is 6.60. The number of hydrogen-bond donors (Lipinski definition) is 1. The molecule has 0 radical (unpaired) electrons. The van der Waals surface area contributed by atoms with Gasteiger partial charge >= 0.3 is 8.80 Å². The van der Waals surface area contributed by atoms with E-state index in [1.807, 2.05) is 24.0 Å². The molecule has 18 heavy (non-hydrogen) atoms. The molecule has 0 amide bonds. The van der Waals surface area contributed by atoms with Gasteiger partial charge < -0.3 is 17.8 Å². The van der Waals surface area contributed by atoms with E-state index in [9.17, 15) is 0 Å². The zero-order valence-corrected chi connectivity index (χ0v) is 12.6. The average molecular weight is 273 g/mol. The minimum atomic E-state index is -2.40. The molecule has 0 fully saturated rings. The number of hydrogen-bond acceptors (Lipinski definition) is 5. The molecule has 1 aromatic heterocycles. The highest BCUT2D eigenvalue weighted by atomic mass is 28.4. The molecule has 0 aromatic carbocycles. The van der Waals surface area contributed by atoms with Crippen molar-refractivity contribution < 1.29 is 13.3 Å². The Balaban J connectivity index is 2.18. The molecule has 0 saturated heterocycles. The van der Waals surface area contributed by atoms with Crippen LogP contribution in [0.2, 0.25) is 6.04 Å². The molecule has 7 heteroatoms. The van der Waals surface area contributed by atoms with Gasteiger partial charge in [0.1, 0.15) is 0 Å². The van der Waals surface area contributed by atoms with E-state index in [0.717, 1.165) is 31.4 Å². The lowest BCUT2D eigenvalue weighted by Crippen LogP contribution is -2.43. The maximum atomic E-state index is 5.36. The molecular weight excluding hydrogens is 250 g/mol. The molecule has 1 rings (SSSR count). The lowest BCUT2D eigenvalue weighted by molar-refractivity contribution is 0.123. The molecule has 0 aliphatic carbocycles. The van der Waals surface area contributed by atoms with Gasteiger partial charge in [-0.25, -0.2) is 4.98 Å². The average Bonchev–Trinajstić information content (AvgIpc) is 2.80. The van der Waals surface area contributed by atoms with Crippen molar-refractivity contribution in [2.75, 3.05) is 27.9 Å². The molecule has 0 aliphatic rings. The molecule has 6 nitrogen and oxygen atoms in total. The fourth-order valence-electron chi connectivity index (χ4n) is 1.75. The second-order valence-electron chi connectivity index (χ2n) is 4.09. The molecule has 1 heterocycles. The van der Waals surface area contributed by atoms with E-state index in [0.29, 0.717) is 0 Å². The van der Waals surface area contributed by atoms with Gasteiger partial charge in [-0.05, 0) is 19.9 Å². The third kappa shape index (κ3) is 4.50. The molecule has 0 aliphatic heterocycles. The molecule has 1 aromatic rings. The Morgan fingerprint density at radius 1 is 1.28 bits per heavy atom. The van der Waals surface area contributed by atoms with Crippen molar-refractivity contribution in [1.82, 2.24) is 14.9 Å². The van der Waals surface area contributed by atoms with E-state index in [2.05, 4.69) is 10.3 Å². The smallest absolute Gasteiger partial charge is 0.377 e. The Kier molecular flexibility index (Phi) is 6.51. The minimum absolute atomic E-state index is 0.766. The van der Waals surface area contributed by atoms with Gasteiger partial charge in [0, 0.05) is 33.6 Å². The topological polar surface area (TPSA) is 57.5 Å². The third-order valence-electron chi connectivity index (χ3n) is 2.83. The Bertz CT molecular complexity index is 334. The van der Waals surface area contributed by atoms with Crippen molar-refractivity contribution in [2.24, 2.45) is 0 Å². The predicted octanol–water partition coefficient (Wildman–Crippen LogP) is 1.01. The zero-order valence-electron chi connectivity index (χ0n) is 11.6. The Morgan fingerprint density at radius 2 is 1.94 bits per heavy atom. The SMILES string of the molecule is CO[Si](CCCNCn1cnc(C)c1)(OC)OC. The summed E-state index contributed by atoms with van der Waals surface area (Å²) >= 11 is 0. The van der Waals surface area contributed by atoms with Gasteiger partial charge in [-0.2, -0.15) is 0 Å². The van der Waals surface area contributed by atoms with Crippen LogP contribution in [0.4, 0.5) is 0 Å². The first kappa shape index (κ1) is 15.3. The van der Waals surface area contributed by atoms with Crippen LogP contribution in [0.15, 0.2) is 12.5 Å². The van der Waals surface area contributed by atoms with Gasteiger partial charge in [0.15, 0.2) is 0 Å². The molecule has 0 bridgehead atoms. The van der Waals surface area contributed by atoms with Crippen molar-refractivity contribution in [3.63, 3.8) is 0 Å². The van der Waals surface area contributed by atoms with Crippen LogP contribution in [-0.2, 0) is 19.9 Å². The van der Waals surface area contributed by atoms with Crippen LogP contribution in [0.5, 0.6) is 0 Å². The van der Waals surface area contributed by atoms with Gasteiger partial charge in [-0.3, -0.25) is 5.32 Å². The normalized spacial score (nSPS) is 12.0. The number of nitrogens with zero attached hydrogens (tertiary/aromatic N) is 2. The number of aromatic nitrogens is 2. The van der Waals surface area contributed by atoms with Crippen LogP contribution in [-0.4, -0.2) is 46.2 Å². The van der Waals surface area contributed by atoms with Gasteiger partial charge in [-0.1, -0.05) is 0 Å². The van der Waals surface area contributed by atoms with Crippen molar-refractivity contribution >= 4 is 8.80 Å². The van der Waals surface area contributed by atoms with Crippen molar-refractivity contribution in [1.29, 1.82) is 0 Å². The molecule has 104 valence electrons. The fourth-order valence-corrected chi connectivity index (χ4v) is 3.47. The summed E-state index contributed by atoms with van der Waals surface area (Å²) < 4.78 is 18.1. The summed E-state index contributed by atoms with van der Waals surface area (Å²) in [4.78, 5) is 4.16. The lowest BCUT2D eigenvalue weighted by atomic mass is 10.5. The second-order valence-corrected chi connectivity index (χ2v) is 7.18. The summed E-state index contributed by atoms with van der Waals surface area (Å²) in [5, 5.41) is 3.34. The minimum Gasteiger partial charge on any atom is -0.377 e. The van der Waals surface area contributed by atoms with E-state index in [1.165, 1.54) is 0 Å². The van der Waals surface area contributed by atoms with Gasteiger partial charge in [-0.15, -0.1) is 0 Å². The zero-order chi connectivity index (χ0) is 13.4. The van der Waals surface area contributed by atoms with Crippen LogP contribution in [0.3, 0.4) is 0 Å². The van der Waals surface area contributed by atoms with Crippen molar-refractivity contribution in [3.05, 3.63) is 18.2 Å². The number of aryl methyl sites for hydroxylation is 1. The van der Waals surface area contributed by atoms with E-state index in [-0.39, 0.29) is 0 Å². The van der Waals surface area contributed by atoms with Crippen molar-refractivity contribution in [2.45, 2.75) is 26.1 Å². The molecular formula is C11H23N3O3Si. The first-order valence-electron chi connectivity index (χ1n) is 6.00. The molecule has 0 atom stereocenters. The van der Waals surface area contributed by atoms with Crippen molar-refractivity contribution in [3.8, 4) is 0 Å². The number of rotatable bonds is 9. The summed E-state index contributed by atoms with van der Waals surface area (Å²) in [6.07, 6.45) is 4.78. The summed E-state index contributed by atoms with van der Waals surface area (Å²) in [5.74, 6) is 0. The monoisotopic (exact) mass is 273 g/mol. The Labute approximate surface area is 110 Å². The highest BCUT2D eigenvalue weighted by Gasteiger charge is 2.36. The first-order chi connectivity index (χ1) is 8.65. The maximum absolute atomic E-state index is 5.36. The van der Waals surface area contributed by atoms with E-state index >= 15 is 0 Å². The maximum Gasteiger partial charge on any atom is 0.500 e. The van der Waals surface area contributed by atoms with Crippen LogP contribution >= 0.6 is 0 Å². The number of nitrogens with one attached hydrogen (secondary N) is 1. The first-order valence-corrected chi connectivity index (χ1v) is 7.93. The van der Waals surface area contributed by atoms with Gasteiger partial charge in [0.25, 0.3) is 0 Å². The third-order valence-corrected chi connectivity index (χ3v) is 5.66. The van der Waals surface area contributed by atoms with E-state index < -0.39 is 8.80 Å². The van der Waals surface area contributed by atoms with E-state index in [1.54, 1.807) is 21.3 Å². The largest absolute Gasteiger partial charge is 0.500 e. The van der Waals surface area contributed by atoms with Crippen LogP contribution in [0.1, 0.15) is 12.1 Å². The highest BCUT2D eigenvalue weighted by Crippen LogP contribution is 2.14.